The number of hydrogen-bond donors (Lipinski definition) is 0. The molecule has 240 valence electrons. The predicted molar refractivity (Wildman–Crippen MR) is 218 cm³/mol. The number of rotatable bonds is 3. The summed E-state index contributed by atoms with van der Waals surface area (Å²) in [6.45, 7) is 0. The van der Waals surface area contributed by atoms with Crippen LogP contribution in [0.15, 0.2) is 176 Å². The molecule has 0 amide bonds. The summed E-state index contributed by atoms with van der Waals surface area (Å²) in [4.78, 5) is 4.67. The minimum Gasteiger partial charge on any atom is -0.309 e. The first kappa shape index (κ1) is 27.8. The molecule has 0 N–H and O–H groups in total. The van der Waals surface area contributed by atoms with Gasteiger partial charge in [0.15, 0.2) is 0 Å². The Morgan fingerprint density at radius 3 is 1.85 bits per heavy atom. The molecule has 1 aliphatic carbocycles. The first-order valence-corrected chi connectivity index (χ1v) is 17.9. The van der Waals surface area contributed by atoms with Gasteiger partial charge in [0.25, 0.3) is 0 Å². The summed E-state index contributed by atoms with van der Waals surface area (Å²) < 4.78 is 4.87. The van der Waals surface area contributed by atoms with Crippen molar-refractivity contribution in [2.75, 3.05) is 0 Å². The van der Waals surface area contributed by atoms with E-state index in [0.29, 0.717) is 0 Å². The lowest BCUT2D eigenvalue weighted by molar-refractivity contribution is 1.18. The van der Waals surface area contributed by atoms with Gasteiger partial charge in [0.05, 0.1) is 27.8 Å². The highest BCUT2D eigenvalue weighted by atomic mass is 15.0. The van der Waals surface area contributed by atoms with Crippen molar-refractivity contribution in [3.63, 3.8) is 0 Å². The topological polar surface area (TPSA) is 22.8 Å². The van der Waals surface area contributed by atoms with Crippen LogP contribution in [0.25, 0.3) is 110 Å². The third kappa shape index (κ3) is 3.72. The van der Waals surface area contributed by atoms with E-state index in [1.807, 2.05) is 12.4 Å². The molecule has 0 atom stereocenters. The van der Waals surface area contributed by atoms with E-state index in [2.05, 4.69) is 178 Å². The second kappa shape index (κ2) is 10.3. The monoisotopic (exact) mass is 659 g/mol. The molecule has 8 aromatic carbocycles. The van der Waals surface area contributed by atoms with Gasteiger partial charge in [-0.25, -0.2) is 0 Å². The highest BCUT2D eigenvalue weighted by Crippen LogP contribution is 2.50. The van der Waals surface area contributed by atoms with Crippen LogP contribution in [-0.2, 0) is 0 Å². The minimum atomic E-state index is 1.17. The van der Waals surface area contributed by atoms with Gasteiger partial charge in [-0.2, -0.15) is 0 Å². The summed E-state index contributed by atoms with van der Waals surface area (Å²) in [5, 5.41) is 9.99. The first-order valence-electron chi connectivity index (χ1n) is 17.9. The molecule has 0 fully saturated rings. The summed E-state index contributed by atoms with van der Waals surface area (Å²) in [5.74, 6) is 0. The SMILES string of the molecule is c1ccc(-n2c3ccc(-c4ccc5c(c4)c4ccccc4n5-c4cccc5c4-c4cncc6cccc-5c46)cc3c3cc4ccccc4cc32)cc1. The van der Waals surface area contributed by atoms with E-state index in [9.17, 15) is 0 Å². The summed E-state index contributed by atoms with van der Waals surface area (Å²) in [6, 6.07) is 60.2. The number of aromatic nitrogens is 3. The van der Waals surface area contributed by atoms with Gasteiger partial charge < -0.3 is 9.13 Å². The van der Waals surface area contributed by atoms with Crippen LogP contribution in [0.3, 0.4) is 0 Å². The average Bonchev–Trinajstić information content (AvgIpc) is 3.83. The Morgan fingerprint density at radius 2 is 1.00 bits per heavy atom. The molecular weight excluding hydrogens is 631 g/mol. The third-order valence-corrected chi connectivity index (χ3v) is 11.3. The van der Waals surface area contributed by atoms with Crippen LogP contribution in [0.5, 0.6) is 0 Å². The van der Waals surface area contributed by atoms with Crippen LogP contribution in [-0.4, -0.2) is 14.1 Å². The fourth-order valence-corrected chi connectivity index (χ4v) is 9.04. The van der Waals surface area contributed by atoms with E-state index in [1.54, 1.807) is 0 Å². The van der Waals surface area contributed by atoms with Crippen molar-refractivity contribution in [2.45, 2.75) is 0 Å². The Morgan fingerprint density at radius 1 is 0.365 bits per heavy atom. The van der Waals surface area contributed by atoms with E-state index < -0.39 is 0 Å². The Bertz CT molecular complexity index is 3280. The van der Waals surface area contributed by atoms with Crippen molar-refractivity contribution in [3.8, 4) is 44.8 Å². The molecule has 11 aromatic rings. The van der Waals surface area contributed by atoms with Crippen molar-refractivity contribution in [3.05, 3.63) is 176 Å². The molecule has 1 aliphatic rings. The largest absolute Gasteiger partial charge is 0.309 e. The fourth-order valence-electron chi connectivity index (χ4n) is 9.04. The van der Waals surface area contributed by atoms with E-state index >= 15 is 0 Å². The van der Waals surface area contributed by atoms with Crippen LogP contribution in [0.1, 0.15) is 0 Å². The molecule has 3 nitrogen and oxygen atoms in total. The van der Waals surface area contributed by atoms with E-state index in [-0.39, 0.29) is 0 Å². The van der Waals surface area contributed by atoms with Crippen molar-refractivity contribution < 1.29 is 0 Å². The number of fused-ring (bicyclic) bond motifs is 10. The number of hydrogen-bond acceptors (Lipinski definition) is 1. The number of pyridine rings is 1. The second-order valence-electron chi connectivity index (χ2n) is 14.0. The maximum absolute atomic E-state index is 4.67. The summed E-state index contributed by atoms with van der Waals surface area (Å²) in [5.41, 5.74) is 14.6. The normalized spacial score (nSPS) is 12.2. The van der Waals surface area contributed by atoms with Gasteiger partial charge in [0.1, 0.15) is 0 Å². The maximum atomic E-state index is 4.67. The molecule has 0 spiro atoms. The van der Waals surface area contributed by atoms with Gasteiger partial charge in [-0.05, 0) is 93.7 Å². The van der Waals surface area contributed by atoms with Gasteiger partial charge >= 0.3 is 0 Å². The number of benzene rings is 8. The van der Waals surface area contributed by atoms with Crippen LogP contribution in [0, 0.1) is 0 Å². The number of nitrogens with zero attached hydrogens (tertiary/aromatic N) is 3. The summed E-state index contributed by atoms with van der Waals surface area (Å²) in [7, 11) is 0. The lowest BCUT2D eigenvalue weighted by Crippen LogP contribution is -1.97. The van der Waals surface area contributed by atoms with E-state index in [0.717, 1.165) is 0 Å². The van der Waals surface area contributed by atoms with Gasteiger partial charge in [0, 0.05) is 61.5 Å². The third-order valence-electron chi connectivity index (χ3n) is 11.3. The van der Waals surface area contributed by atoms with Crippen LogP contribution < -0.4 is 0 Å². The Hall–Kier alpha value is -6.97. The van der Waals surface area contributed by atoms with Crippen molar-refractivity contribution in [2.24, 2.45) is 0 Å². The highest BCUT2D eigenvalue weighted by Gasteiger charge is 2.26. The smallest absolute Gasteiger partial charge is 0.0547 e. The lowest BCUT2D eigenvalue weighted by Gasteiger charge is -2.14. The zero-order chi connectivity index (χ0) is 33.9. The molecule has 3 heterocycles. The van der Waals surface area contributed by atoms with Crippen LogP contribution >= 0.6 is 0 Å². The van der Waals surface area contributed by atoms with E-state index in [1.165, 1.54) is 110 Å². The van der Waals surface area contributed by atoms with Crippen molar-refractivity contribution in [1.29, 1.82) is 0 Å². The molecule has 0 radical (unpaired) electrons. The standard InChI is InChI=1S/C49H29N3/c1-2-13-35(14-3-1)51-44-22-20-33(26-40(44)41-24-30-10-4-5-11-31(30)27-47(41)51)32-21-23-45-39(25-32)36-15-6-7-18-43(36)52(45)46-19-9-17-38-37-16-8-12-34-28-50-29-42(48(34)37)49(38)46/h1-29H. The minimum absolute atomic E-state index is 1.17. The lowest BCUT2D eigenvalue weighted by atomic mass is 10.00. The Kier molecular flexibility index (Phi) is 5.50. The Balaban J connectivity index is 1.09. The number of para-hydroxylation sites is 2. The van der Waals surface area contributed by atoms with Gasteiger partial charge in [-0.1, -0.05) is 103 Å². The molecule has 0 saturated carbocycles. The van der Waals surface area contributed by atoms with Crippen molar-refractivity contribution >= 4 is 65.2 Å². The molecule has 3 aromatic heterocycles. The van der Waals surface area contributed by atoms with Gasteiger partial charge in [-0.15, -0.1) is 0 Å². The van der Waals surface area contributed by atoms with Gasteiger partial charge in [-0.3, -0.25) is 4.98 Å². The van der Waals surface area contributed by atoms with Crippen LogP contribution in [0.4, 0.5) is 0 Å². The second-order valence-corrected chi connectivity index (χ2v) is 14.0. The molecule has 0 bridgehead atoms. The molecule has 52 heavy (non-hydrogen) atoms. The van der Waals surface area contributed by atoms with Crippen molar-refractivity contribution in [1.82, 2.24) is 14.1 Å². The fraction of sp³-hybridized carbons (Fsp3) is 0. The first-order chi connectivity index (χ1) is 25.8. The molecule has 0 aliphatic heterocycles. The summed E-state index contributed by atoms with van der Waals surface area (Å²) >= 11 is 0. The zero-order valence-electron chi connectivity index (χ0n) is 28.1. The summed E-state index contributed by atoms with van der Waals surface area (Å²) in [6.07, 6.45) is 4.02. The van der Waals surface area contributed by atoms with Crippen LogP contribution in [0.2, 0.25) is 0 Å². The van der Waals surface area contributed by atoms with E-state index in [4.69, 9.17) is 0 Å². The quantitative estimate of drug-likeness (QED) is 0.185. The molecule has 3 heteroatoms. The molecule has 0 unspecified atom stereocenters. The van der Waals surface area contributed by atoms with Gasteiger partial charge in [0.2, 0.25) is 0 Å². The molecular formula is C49H29N3. The zero-order valence-corrected chi connectivity index (χ0v) is 28.1. The predicted octanol–water partition coefficient (Wildman–Crippen LogP) is 12.9. The average molecular weight is 660 g/mol. The molecule has 0 saturated heterocycles. The maximum Gasteiger partial charge on any atom is 0.0547 e. The Labute approximate surface area is 299 Å². The molecule has 12 rings (SSSR count). The highest BCUT2D eigenvalue weighted by molar-refractivity contribution is 6.19.